The molecule has 0 radical (unpaired) electrons. The molecule has 4 fully saturated rings. The summed E-state index contributed by atoms with van der Waals surface area (Å²) in [5.41, 5.74) is 3.22. The van der Waals surface area contributed by atoms with Gasteiger partial charge in [0.1, 0.15) is 16.9 Å². The minimum absolute atomic E-state index is 0.0388. The van der Waals surface area contributed by atoms with Crippen LogP contribution in [0.4, 0.5) is 21.8 Å². The van der Waals surface area contributed by atoms with Gasteiger partial charge in [-0.25, -0.2) is 9.37 Å². The fraction of sp³-hybridized carbons (Fsp3) is 0.511. The van der Waals surface area contributed by atoms with Crippen molar-refractivity contribution in [2.24, 2.45) is 0 Å². The van der Waals surface area contributed by atoms with Crippen molar-refractivity contribution < 1.29 is 33.0 Å². The molecule has 4 aromatic rings. The lowest BCUT2D eigenvalue weighted by Crippen LogP contribution is -2.52. The van der Waals surface area contributed by atoms with Crippen LogP contribution in [0.15, 0.2) is 41.3 Å². The molecule has 0 bridgehead atoms. The Labute approximate surface area is 381 Å². The molecule has 1 unspecified atom stereocenters. The Balaban J connectivity index is 0.753. The highest BCUT2D eigenvalue weighted by Crippen LogP contribution is 2.40. The maximum absolute atomic E-state index is 16.2. The minimum Gasteiger partial charge on any atom is -0.478 e. The zero-order valence-electron chi connectivity index (χ0n) is 37.1. The standard InChI is InChI=1S/C47H55ClFN9O7/c1-25(2)58-36-6-5-29(18-28(36)19-38(45(58)62)64-24-40(60)50-4)52-43-35(48)22-51-47(54-43)56-15-11-31(12-16-56)65-32-20-30(21-32)55-13-9-27(10-14-55)33-17-26(3)41-34(42(33)49)23-57(46(41)63)37-7-8-39(59)53-44(37)61/h5-6,17-19,22,25,27,30-32,37H,7-16,20-21,23-24H2,1-4H3,(H,50,60)(H,51,52,54)(H,53,59,61). The van der Waals surface area contributed by atoms with Crippen molar-refractivity contribution in [2.75, 3.05) is 50.1 Å². The van der Waals surface area contributed by atoms with Crippen LogP contribution in [-0.2, 0) is 25.7 Å². The van der Waals surface area contributed by atoms with Crippen LogP contribution in [0.1, 0.15) is 104 Å². The topological polar surface area (TPSA) is 180 Å². The number of nitrogens with zero attached hydrogens (tertiary/aromatic N) is 6. The van der Waals surface area contributed by atoms with Crippen LogP contribution >= 0.6 is 11.6 Å². The van der Waals surface area contributed by atoms with Gasteiger partial charge in [-0.1, -0.05) is 17.7 Å². The molecule has 1 aliphatic carbocycles. The van der Waals surface area contributed by atoms with E-state index in [1.165, 1.54) is 11.9 Å². The van der Waals surface area contributed by atoms with Crippen molar-refractivity contribution >= 4 is 63.6 Å². The lowest BCUT2D eigenvalue weighted by Gasteiger charge is -2.47. The number of hydrogen-bond acceptors (Lipinski definition) is 12. The first-order chi connectivity index (χ1) is 31.3. The normalized spacial score (nSPS) is 22.0. The smallest absolute Gasteiger partial charge is 0.293 e. The van der Waals surface area contributed by atoms with Gasteiger partial charge in [0, 0.05) is 55.3 Å². The number of pyridine rings is 1. The quantitative estimate of drug-likeness (QED) is 0.152. The van der Waals surface area contributed by atoms with E-state index in [4.69, 9.17) is 26.1 Å². The van der Waals surface area contributed by atoms with Crippen LogP contribution in [0, 0.1) is 12.7 Å². The predicted octanol–water partition coefficient (Wildman–Crippen LogP) is 5.50. The van der Waals surface area contributed by atoms with E-state index in [1.54, 1.807) is 16.8 Å². The highest BCUT2D eigenvalue weighted by molar-refractivity contribution is 6.33. The van der Waals surface area contributed by atoms with Crippen molar-refractivity contribution in [2.45, 2.75) is 115 Å². The van der Waals surface area contributed by atoms with Gasteiger partial charge in [-0.2, -0.15) is 4.98 Å². The molecule has 3 saturated heterocycles. The monoisotopic (exact) mass is 911 g/mol. The highest BCUT2D eigenvalue weighted by atomic mass is 35.5. The van der Waals surface area contributed by atoms with Crippen molar-refractivity contribution in [3.8, 4) is 5.75 Å². The number of likely N-dealkylation sites (tertiary alicyclic amines) is 1. The number of benzene rings is 2. The van der Waals surface area contributed by atoms with Gasteiger partial charge in [0.25, 0.3) is 17.4 Å². The number of anilines is 3. The van der Waals surface area contributed by atoms with Crippen LogP contribution in [-0.4, -0.2) is 112 Å². The van der Waals surface area contributed by atoms with E-state index < -0.39 is 11.9 Å². The van der Waals surface area contributed by atoms with Gasteiger partial charge in [-0.3, -0.25) is 29.3 Å². The molecular formula is C47H55ClFN9O7. The van der Waals surface area contributed by atoms with Crippen molar-refractivity contribution in [1.29, 1.82) is 0 Å². The molecule has 0 spiro atoms. The number of aromatic nitrogens is 3. The van der Waals surface area contributed by atoms with E-state index in [1.807, 2.05) is 45.0 Å². The fourth-order valence-electron chi connectivity index (χ4n) is 10.2. The first-order valence-electron chi connectivity index (χ1n) is 22.7. The van der Waals surface area contributed by atoms with Crippen molar-refractivity contribution in [1.82, 2.24) is 35.0 Å². The van der Waals surface area contributed by atoms with Crippen molar-refractivity contribution in [3.05, 3.63) is 80.0 Å². The van der Waals surface area contributed by atoms with Crippen LogP contribution in [0.2, 0.25) is 5.02 Å². The maximum atomic E-state index is 16.2. The first kappa shape index (κ1) is 44.5. The average Bonchev–Trinajstić information content (AvgIpc) is 3.63. The second-order valence-electron chi connectivity index (χ2n) is 18.2. The Bertz CT molecular complexity index is 2600. The fourth-order valence-corrected chi connectivity index (χ4v) is 10.3. The molecule has 18 heteroatoms. The number of imide groups is 1. The number of fused-ring (bicyclic) bond motifs is 2. The van der Waals surface area contributed by atoms with Gasteiger partial charge in [0.2, 0.25) is 17.8 Å². The van der Waals surface area contributed by atoms with E-state index >= 15 is 4.39 Å². The predicted molar refractivity (Wildman–Crippen MR) is 242 cm³/mol. The third-order valence-electron chi connectivity index (χ3n) is 13.8. The number of nitrogens with one attached hydrogen (secondary N) is 3. The minimum atomic E-state index is -0.774. The van der Waals surface area contributed by atoms with E-state index in [2.05, 4.69) is 30.7 Å². The van der Waals surface area contributed by atoms with E-state index in [-0.39, 0.29) is 85.0 Å². The zero-order chi connectivity index (χ0) is 45.7. The Morgan fingerprint density at radius 3 is 2.46 bits per heavy atom. The number of hydrogen-bond donors (Lipinski definition) is 3. The van der Waals surface area contributed by atoms with Gasteiger partial charge < -0.3 is 39.4 Å². The molecule has 3 N–H and O–H groups in total. The lowest BCUT2D eigenvalue weighted by atomic mass is 9.82. The number of amides is 4. The lowest BCUT2D eigenvalue weighted by molar-refractivity contribution is -0.137. The van der Waals surface area contributed by atoms with E-state index in [0.29, 0.717) is 45.2 Å². The third-order valence-corrected chi connectivity index (χ3v) is 14.1. The van der Waals surface area contributed by atoms with Crippen LogP contribution < -0.4 is 31.1 Å². The number of aryl methyl sites for hydroxylation is 1. The van der Waals surface area contributed by atoms with Crippen LogP contribution in [0.5, 0.6) is 5.75 Å². The van der Waals surface area contributed by atoms with Crippen molar-refractivity contribution in [3.63, 3.8) is 0 Å². The summed E-state index contributed by atoms with van der Waals surface area (Å²) in [6.07, 6.45) is 7.62. The number of piperidine rings is 3. The molecule has 5 aliphatic rings. The van der Waals surface area contributed by atoms with Gasteiger partial charge in [0.15, 0.2) is 18.2 Å². The molecule has 2 aromatic heterocycles. The van der Waals surface area contributed by atoms with Gasteiger partial charge >= 0.3 is 0 Å². The molecule has 344 valence electrons. The molecule has 4 aliphatic heterocycles. The summed E-state index contributed by atoms with van der Waals surface area (Å²) in [6, 6.07) is 8.61. The number of carbonyl (C=O) groups is 4. The average molecular weight is 912 g/mol. The molecule has 65 heavy (non-hydrogen) atoms. The Morgan fingerprint density at radius 2 is 1.75 bits per heavy atom. The number of ether oxygens (including phenoxy) is 2. The highest BCUT2D eigenvalue weighted by Gasteiger charge is 2.43. The Morgan fingerprint density at radius 1 is 1.00 bits per heavy atom. The van der Waals surface area contributed by atoms with E-state index in [0.717, 1.165) is 81.2 Å². The molecule has 16 nitrogen and oxygen atoms in total. The van der Waals surface area contributed by atoms with Gasteiger partial charge in [-0.15, -0.1) is 0 Å². The molecule has 4 amide bonds. The first-order valence-corrected chi connectivity index (χ1v) is 23.1. The number of likely N-dealkylation sites (N-methyl/N-ethyl adjacent to an activating group) is 1. The summed E-state index contributed by atoms with van der Waals surface area (Å²) in [4.78, 5) is 78.2. The number of carbonyl (C=O) groups excluding carboxylic acids is 4. The molecule has 1 atom stereocenters. The summed E-state index contributed by atoms with van der Waals surface area (Å²) in [5, 5.41) is 9.25. The number of halogens is 2. The second-order valence-corrected chi connectivity index (χ2v) is 18.6. The molecule has 9 rings (SSSR count). The second kappa shape index (κ2) is 18.3. The maximum Gasteiger partial charge on any atom is 0.293 e. The Hall–Kier alpha value is -5.65. The van der Waals surface area contributed by atoms with Gasteiger partial charge in [0.05, 0.1) is 36.0 Å². The van der Waals surface area contributed by atoms with Gasteiger partial charge in [-0.05, 0) is 120 Å². The number of rotatable bonds is 12. The summed E-state index contributed by atoms with van der Waals surface area (Å²) in [7, 11) is 1.51. The SMILES string of the molecule is CNC(=O)COc1cc2cc(Nc3nc(N4CCC(OC5CC(N6CCC(c7cc(C)c8c(c7F)CN(C7CCC(=O)NC7=O)C8=O)CC6)C5)CC4)ncc3Cl)ccc2n(C(C)C)c1=O. The molecule has 2 aromatic carbocycles. The largest absolute Gasteiger partial charge is 0.478 e. The molecular weight excluding hydrogens is 857 g/mol. The van der Waals surface area contributed by atoms with Crippen LogP contribution in [0.25, 0.3) is 10.9 Å². The summed E-state index contributed by atoms with van der Waals surface area (Å²) < 4.78 is 30.0. The molecule has 1 saturated carbocycles. The third kappa shape index (κ3) is 8.89. The summed E-state index contributed by atoms with van der Waals surface area (Å²) in [6.45, 7) is 8.65. The van der Waals surface area contributed by atoms with Crippen LogP contribution in [0.3, 0.4) is 0 Å². The molecule has 6 heterocycles. The zero-order valence-corrected chi connectivity index (χ0v) is 37.9. The Kier molecular flexibility index (Phi) is 12.6. The van der Waals surface area contributed by atoms with E-state index in [9.17, 15) is 24.0 Å². The summed E-state index contributed by atoms with van der Waals surface area (Å²) >= 11 is 6.60. The summed E-state index contributed by atoms with van der Waals surface area (Å²) in [5.74, 6) is -0.710.